The van der Waals surface area contributed by atoms with Gasteiger partial charge in [0.05, 0.1) is 0 Å². The molecule has 1 nitrogen and oxygen atoms in total. The zero-order valence-electron chi connectivity index (χ0n) is 6.65. The van der Waals surface area contributed by atoms with Crippen molar-refractivity contribution < 1.29 is 0 Å². The molecule has 2 atom stereocenters. The molecule has 0 aromatic carbocycles. The van der Waals surface area contributed by atoms with Crippen LogP contribution < -0.4 is 5.73 Å². The van der Waals surface area contributed by atoms with Gasteiger partial charge in [0.1, 0.15) is 0 Å². The van der Waals surface area contributed by atoms with E-state index in [0.717, 1.165) is 18.4 Å². The summed E-state index contributed by atoms with van der Waals surface area (Å²) in [5.41, 5.74) is 6.02. The first-order chi connectivity index (χ1) is 4.05. The molecule has 1 aliphatic rings. The van der Waals surface area contributed by atoms with Gasteiger partial charge in [-0.2, -0.15) is 0 Å². The predicted molar refractivity (Wildman–Crippen MR) is 40.1 cm³/mol. The summed E-state index contributed by atoms with van der Waals surface area (Å²) in [5.74, 6) is 1.74. The predicted octanol–water partition coefficient (Wildman–Crippen LogP) is 1.63. The van der Waals surface area contributed by atoms with Gasteiger partial charge in [0.2, 0.25) is 0 Å². The summed E-state index contributed by atoms with van der Waals surface area (Å²) in [6, 6.07) is 0. The van der Waals surface area contributed by atoms with Crippen LogP contribution in [0.25, 0.3) is 0 Å². The molecule has 54 valence electrons. The van der Waals surface area contributed by atoms with E-state index in [1.54, 1.807) is 0 Å². The van der Waals surface area contributed by atoms with Crippen molar-refractivity contribution in [2.24, 2.45) is 23.0 Å². The highest BCUT2D eigenvalue weighted by atomic mass is 14.6. The van der Waals surface area contributed by atoms with Crippen molar-refractivity contribution in [1.29, 1.82) is 0 Å². The van der Waals surface area contributed by atoms with Crippen LogP contribution in [0.4, 0.5) is 0 Å². The highest BCUT2D eigenvalue weighted by molar-refractivity contribution is 4.94. The Hall–Kier alpha value is -0.0400. The number of rotatable bonds is 1. The van der Waals surface area contributed by atoms with E-state index in [4.69, 9.17) is 5.73 Å². The summed E-state index contributed by atoms with van der Waals surface area (Å²) in [4.78, 5) is 0. The maximum absolute atomic E-state index is 5.52. The standard InChI is InChI=1S/C8H17N/c1-8(2,3)7-4-6(7)5-9/h6-7H,4-5,9H2,1-3H3. The van der Waals surface area contributed by atoms with Crippen LogP contribution in [0.1, 0.15) is 27.2 Å². The van der Waals surface area contributed by atoms with Crippen molar-refractivity contribution in [1.82, 2.24) is 0 Å². The van der Waals surface area contributed by atoms with Gasteiger partial charge in [-0.1, -0.05) is 20.8 Å². The van der Waals surface area contributed by atoms with Crippen molar-refractivity contribution in [3.63, 3.8) is 0 Å². The third-order valence-electron chi connectivity index (χ3n) is 2.34. The van der Waals surface area contributed by atoms with Crippen molar-refractivity contribution >= 4 is 0 Å². The van der Waals surface area contributed by atoms with Crippen LogP contribution in [-0.2, 0) is 0 Å². The van der Waals surface area contributed by atoms with Crippen LogP contribution in [0.15, 0.2) is 0 Å². The Morgan fingerprint density at radius 3 is 2.11 bits per heavy atom. The fourth-order valence-corrected chi connectivity index (χ4v) is 1.57. The third-order valence-corrected chi connectivity index (χ3v) is 2.34. The molecule has 0 aliphatic heterocycles. The van der Waals surface area contributed by atoms with Gasteiger partial charge >= 0.3 is 0 Å². The first kappa shape index (κ1) is 7.07. The molecule has 0 aromatic rings. The van der Waals surface area contributed by atoms with E-state index < -0.39 is 0 Å². The second-order valence-corrected chi connectivity index (χ2v) is 4.20. The molecule has 1 rings (SSSR count). The van der Waals surface area contributed by atoms with Crippen LogP contribution in [0.5, 0.6) is 0 Å². The third kappa shape index (κ3) is 1.45. The Morgan fingerprint density at radius 1 is 1.44 bits per heavy atom. The smallest absolute Gasteiger partial charge is 0.00459 e. The summed E-state index contributed by atoms with van der Waals surface area (Å²) in [7, 11) is 0. The minimum Gasteiger partial charge on any atom is -0.330 e. The molecule has 1 fully saturated rings. The SMILES string of the molecule is CC(C)(C)C1CC1CN. The summed E-state index contributed by atoms with van der Waals surface area (Å²) in [6.45, 7) is 7.79. The van der Waals surface area contributed by atoms with Crippen molar-refractivity contribution in [3.05, 3.63) is 0 Å². The molecule has 1 saturated carbocycles. The van der Waals surface area contributed by atoms with Crippen LogP contribution in [0.2, 0.25) is 0 Å². The molecule has 2 unspecified atom stereocenters. The molecule has 1 aliphatic carbocycles. The highest BCUT2D eigenvalue weighted by Gasteiger charge is 2.43. The quantitative estimate of drug-likeness (QED) is 0.569. The molecule has 0 bridgehead atoms. The first-order valence-corrected chi connectivity index (χ1v) is 3.76. The van der Waals surface area contributed by atoms with E-state index in [1.165, 1.54) is 6.42 Å². The molecule has 0 spiro atoms. The van der Waals surface area contributed by atoms with Crippen molar-refractivity contribution in [2.75, 3.05) is 6.54 Å². The Morgan fingerprint density at radius 2 is 2.00 bits per heavy atom. The van der Waals surface area contributed by atoms with Gasteiger partial charge in [0.15, 0.2) is 0 Å². The average molecular weight is 127 g/mol. The summed E-state index contributed by atoms with van der Waals surface area (Å²) < 4.78 is 0. The maximum atomic E-state index is 5.52. The Bertz CT molecular complexity index is 102. The maximum Gasteiger partial charge on any atom is -0.00459 e. The zero-order valence-corrected chi connectivity index (χ0v) is 6.65. The molecule has 0 radical (unpaired) electrons. The average Bonchev–Trinajstić information content (AvgIpc) is 2.39. The number of hydrogen-bond donors (Lipinski definition) is 1. The lowest BCUT2D eigenvalue weighted by Gasteiger charge is -2.17. The van der Waals surface area contributed by atoms with E-state index in [0.29, 0.717) is 5.41 Å². The van der Waals surface area contributed by atoms with Crippen LogP contribution >= 0.6 is 0 Å². The van der Waals surface area contributed by atoms with E-state index in [9.17, 15) is 0 Å². The number of hydrogen-bond acceptors (Lipinski definition) is 1. The minimum atomic E-state index is 0.504. The van der Waals surface area contributed by atoms with Gasteiger partial charge in [-0.15, -0.1) is 0 Å². The molecule has 0 aromatic heterocycles. The zero-order chi connectivity index (χ0) is 7.07. The van der Waals surface area contributed by atoms with Crippen LogP contribution in [0.3, 0.4) is 0 Å². The van der Waals surface area contributed by atoms with Gasteiger partial charge in [0.25, 0.3) is 0 Å². The Balaban J connectivity index is 2.33. The molecule has 0 saturated heterocycles. The molecule has 9 heavy (non-hydrogen) atoms. The van der Waals surface area contributed by atoms with Gasteiger partial charge in [-0.25, -0.2) is 0 Å². The summed E-state index contributed by atoms with van der Waals surface area (Å²) in [6.07, 6.45) is 1.36. The van der Waals surface area contributed by atoms with Crippen molar-refractivity contribution in [3.8, 4) is 0 Å². The fourth-order valence-electron chi connectivity index (χ4n) is 1.57. The van der Waals surface area contributed by atoms with Crippen molar-refractivity contribution in [2.45, 2.75) is 27.2 Å². The van der Waals surface area contributed by atoms with E-state index in [2.05, 4.69) is 20.8 Å². The van der Waals surface area contributed by atoms with Gasteiger partial charge in [0, 0.05) is 0 Å². The summed E-state index contributed by atoms with van der Waals surface area (Å²) in [5, 5.41) is 0. The van der Waals surface area contributed by atoms with Crippen LogP contribution in [0, 0.1) is 17.3 Å². The fraction of sp³-hybridized carbons (Fsp3) is 1.00. The molecule has 0 amide bonds. The lowest BCUT2D eigenvalue weighted by Crippen LogP contribution is -2.13. The molecular formula is C8H17N. The Kier molecular flexibility index (Phi) is 1.55. The second kappa shape index (κ2) is 1.98. The van der Waals surface area contributed by atoms with E-state index >= 15 is 0 Å². The van der Waals surface area contributed by atoms with E-state index in [1.807, 2.05) is 0 Å². The van der Waals surface area contributed by atoms with Gasteiger partial charge < -0.3 is 5.73 Å². The van der Waals surface area contributed by atoms with E-state index in [-0.39, 0.29) is 0 Å². The highest BCUT2D eigenvalue weighted by Crippen LogP contribution is 2.49. The molecule has 0 heterocycles. The Labute approximate surface area is 57.6 Å². The molecule has 2 N–H and O–H groups in total. The normalized spacial score (nSPS) is 34.7. The number of nitrogens with two attached hydrogens (primary N) is 1. The summed E-state index contributed by atoms with van der Waals surface area (Å²) >= 11 is 0. The molecule has 1 heteroatoms. The molecular weight excluding hydrogens is 110 g/mol. The van der Waals surface area contributed by atoms with Gasteiger partial charge in [-0.3, -0.25) is 0 Å². The minimum absolute atomic E-state index is 0.504. The lowest BCUT2D eigenvalue weighted by atomic mass is 9.89. The monoisotopic (exact) mass is 127 g/mol. The van der Waals surface area contributed by atoms with Crippen LogP contribution in [-0.4, -0.2) is 6.54 Å². The largest absolute Gasteiger partial charge is 0.330 e. The first-order valence-electron chi connectivity index (χ1n) is 3.76. The topological polar surface area (TPSA) is 26.0 Å². The van der Waals surface area contributed by atoms with Gasteiger partial charge in [-0.05, 0) is 30.2 Å². The lowest BCUT2D eigenvalue weighted by molar-refractivity contribution is 0.331. The second-order valence-electron chi connectivity index (χ2n) is 4.20.